The van der Waals surface area contributed by atoms with Crippen LogP contribution in [-0.2, 0) is 0 Å². The number of aromatic amines is 2. The summed E-state index contributed by atoms with van der Waals surface area (Å²) in [5.41, 5.74) is 8.03. The fraction of sp³-hybridized carbons (Fsp3) is 0.226. The van der Waals surface area contributed by atoms with Gasteiger partial charge in [0.25, 0.3) is 0 Å². The van der Waals surface area contributed by atoms with Gasteiger partial charge < -0.3 is 9.72 Å². The van der Waals surface area contributed by atoms with Gasteiger partial charge >= 0.3 is 0 Å². The number of hydrogen-bond acceptors (Lipinski definition) is 6. The second-order valence-corrected chi connectivity index (χ2v) is 10.3. The minimum absolute atomic E-state index is 0.270. The Morgan fingerprint density at radius 3 is 2.67 bits per heavy atom. The molecule has 40 heavy (non-hydrogen) atoms. The van der Waals surface area contributed by atoms with Gasteiger partial charge in [-0.05, 0) is 80.4 Å². The molecule has 0 amide bonds. The van der Waals surface area contributed by atoms with Crippen LogP contribution in [0, 0.1) is 12.7 Å². The van der Waals surface area contributed by atoms with Crippen molar-refractivity contribution in [3.05, 3.63) is 78.6 Å². The lowest BCUT2D eigenvalue weighted by Crippen LogP contribution is -2.25. The van der Waals surface area contributed by atoms with Crippen LogP contribution < -0.4 is 4.74 Å². The molecule has 1 saturated heterocycles. The summed E-state index contributed by atoms with van der Waals surface area (Å²) in [6.45, 7) is 5.74. The van der Waals surface area contributed by atoms with Crippen LogP contribution >= 0.6 is 0 Å². The van der Waals surface area contributed by atoms with E-state index in [-0.39, 0.29) is 5.82 Å². The van der Waals surface area contributed by atoms with Crippen molar-refractivity contribution in [1.82, 2.24) is 35.0 Å². The first kappa shape index (κ1) is 24.4. The molecule has 0 bridgehead atoms. The number of nitrogens with zero attached hydrogens (tertiary/aromatic N) is 5. The highest BCUT2D eigenvalue weighted by molar-refractivity contribution is 6.00. The normalized spacial score (nSPS) is 13.9. The fourth-order valence-corrected chi connectivity index (χ4v) is 5.48. The van der Waals surface area contributed by atoms with Crippen molar-refractivity contribution in [3.63, 3.8) is 0 Å². The van der Waals surface area contributed by atoms with Crippen molar-refractivity contribution in [2.75, 3.05) is 26.2 Å². The third kappa shape index (κ3) is 4.69. The number of H-pyrrole nitrogens is 2. The Morgan fingerprint density at radius 1 is 0.925 bits per heavy atom. The molecule has 9 heteroatoms. The van der Waals surface area contributed by atoms with Gasteiger partial charge in [-0.1, -0.05) is 6.07 Å². The highest BCUT2D eigenvalue weighted by Crippen LogP contribution is 2.34. The molecule has 1 aliphatic heterocycles. The summed E-state index contributed by atoms with van der Waals surface area (Å²) in [7, 11) is 0. The zero-order valence-electron chi connectivity index (χ0n) is 22.1. The molecule has 0 saturated carbocycles. The molecular weight excluding hydrogens is 505 g/mol. The summed E-state index contributed by atoms with van der Waals surface area (Å²) in [5.74, 6) is 0.461. The molecule has 8 nitrogen and oxygen atoms in total. The van der Waals surface area contributed by atoms with Crippen molar-refractivity contribution in [2.45, 2.75) is 19.8 Å². The number of pyridine rings is 3. The number of aromatic nitrogens is 6. The van der Waals surface area contributed by atoms with Crippen LogP contribution in [0.1, 0.15) is 18.4 Å². The quantitative estimate of drug-likeness (QED) is 0.256. The van der Waals surface area contributed by atoms with Crippen molar-refractivity contribution in [2.24, 2.45) is 0 Å². The van der Waals surface area contributed by atoms with Crippen LogP contribution in [0.2, 0.25) is 0 Å². The molecule has 0 spiro atoms. The van der Waals surface area contributed by atoms with Gasteiger partial charge in [-0.3, -0.25) is 20.0 Å². The minimum Gasteiger partial charge on any atom is -0.491 e. The third-order valence-electron chi connectivity index (χ3n) is 7.45. The number of halogens is 1. The van der Waals surface area contributed by atoms with E-state index in [0.29, 0.717) is 12.3 Å². The maximum absolute atomic E-state index is 14.2. The number of likely N-dealkylation sites (tertiary alicyclic amines) is 1. The van der Waals surface area contributed by atoms with E-state index in [1.807, 2.05) is 37.3 Å². The Hall–Kier alpha value is -4.63. The fourth-order valence-electron chi connectivity index (χ4n) is 5.48. The van der Waals surface area contributed by atoms with E-state index in [1.165, 1.54) is 25.0 Å². The molecule has 7 rings (SSSR count). The highest BCUT2D eigenvalue weighted by Gasteiger charge is 2.17. The number of rotatable bonds is 7. The first-order chi connectivity index (χ1) is 19.6. The molecule has 0 radical (unpaired) electrons. The lowest BCUT2D eigenvalue weighted by atomic mass is 10.0. The van der Waals surface area contributed by atoms with E-state index in [4.69, 9.17) is 9.72 Å². The predicted molar refractivity (Wildman–Crippen MR) is 154 cm³/mol. The van der Waals surface area contributed by atoms with E-state index in [1.54, 1.807) is 24.8 Å². The molecule has 1 fully saturated rings. The molecule has 200 valence electrons. The molecule has 0 unspecified atom stereocenters. The lowest BCUT2D eigenvalue weighted by molar-refractivity contribution is 0.237. The van der Waals surface area contributed by atoms with E-state index < -0.39 is 0 Å². The maximum atomic E-state index is 14.2. The van der Waals surface area contributed by atoms with Gasteiger partial charge in [0, 0.05) is 35.5 Å². The van der Waals surface area contributed by atoms with Crippen LogP contribution in [0.25, 0.3) is 55.7 Å². The van der Waals surface area contributed by atoms with Crippen LogP contribution in [0.4, 0.5) is 4.39 Å². The number of ether oxygens (including phenoxy) is 1. The summed E-state index contributed by atoms with van der Waals surface area (Å²) in [6.07, 6.45) is 9.60. The number of hydrogen-bond donors (Lipinski definition) is 2. The number of benzene rings is 1. The van der Waals surface area contributed by atoms with Crippen molar-refractivity contribution >= 4 is 21.9 Å². The second kappa shape index (κ2) is 10.2. The smallest absolute Gasteiger partial charge is 0.138 e. The third-order valence-corrected chi connectivity index (χ3v) is 7.45. The van der Waals surface area contributed by atoms with Gasteiger partial charge in [-0.15, -0.1) is 0 Å². The topological polar surface area (TPSA) is 95.6 Å². The highest BCUT2D eigenvalue weighted by atomic mass is 19.1. The Bertz CT molecular complexity index is 1820. The number of nitrogens with one attached hydrogen (secondary N) is 2. The number of fused-ring (bicyclic) bond motifs is 2. The molecule has 0 aliphatic carbocycles. The van der Waals surface area contributed by atoms with Crippen LogP contribution in [-0.4, -0.2) is 61.3 Å². The average molecular weight is 534 g/mol. The predicted octanol–water partition coefficient (Wildman–Crippen LogP) is 6.15. The molecule has 0 atom stereocenters. The molecular formula is C31H28FN7O. The largest absolute Gasteiger partial charge is 0.491 e. The van der Waals surface area contributed by atoms with E-state index in [9.17, 15) is 4.39 Å². The Kier molecular flexibility index (Phi) is 6.20. The molecule has 6 aromatic rings. The average Bonchev–Trinajstić information content (AvgIpc) is 3.71. The van der Waals surface area contributed by atoms with Gasteiger partial charge in [-0.25, -0.2) is 9.37 Å². The van der Waals surface area contributed by atoms with Gasteiger partial charge in [0.05, 0.1) is 34.8 Å². The first-order valence-electron chi connectivity index (χ1n) is 13.5. The lowest BCUT2D eigenvalue weighted by Gasteiger charge is -2.15. The first-order valence-corrected chi connectivity index (χ1v) is 13.5. The summed E-state index contributed by atoms with van der Waals surface area (Å²) < 4.78 is 20.2. The molecule has 1 aliphatic rings. The zero-order chi connectivity index (χ0) is 27.1. The van der Waals surface area contributed by atoms with Crippen LogP contribution in [0.15, 0.2) is 67.3 Å². The summed E-state index contributed by atoms with van der Waals surface area (Å²) >= 11 is 0. The van der Waals surface area contributed by atoms with E-state index in [0.717, 1.165) is 81.0 Å². The number of aryl methyl sites for hydroxylation is 1. The van der Waals surface area contributed by atoms with Crippen molar-refractivity contribution < 1.29 is 9.13 Å². The zero-order valence-corrected chi connectivity index (χ0v) is 22.1. The molecule has 6 heterocycles. The van der Waals surface area contributed by atoms with Crippen molar-refractivity contribution in [1.29, 1.82) is 0 Å². The monoisotopic (exact) mass is 533 g/mol. The summed E-state index contributed by atoms with van der Waals surface area (Å²) in [6, 6.07) is 12.9. The second-order valence-electron chi connectivity index (χ2n) is 10.3. The molecule has 5 aromatic heterocycles. The molecule has 2 N–H and O–H groups in total. The SMILES string of the molecule is Cc1cc(F)cc(-c2cncc3[nH]c(-c4n[nH]c5ccc(-c6cncc(OCCN7CCCC7)c6)nc45)cc23)c1. The van der Waals surface area contributed by atoms with Crippen LogP contribution in [0.5, 0.6) is 5.75 Å². The van der Waals surface area contributed by atoms with Crippen LogP contribution in [0.3, 0.4) is 0 Å². The van der Waals surface area contributed by atoms with Gasteiger partial charge in [0.15, 0.2) is 0 Å². The molecule has 1 aromatic carbocycles. The summed E-state index contributed by atoms with van der Waals surface area (Å²) in [5, 5.41) is 8.61. The summed E-state index contributed by atoms with van der Waals surface area (Å²) in [4.78, 5) is 19.6. The van der Waals surface area contributed by atoms with Crippen molar-refractivity contribution in [3.8, 4) is 39.5 Å². The minimum atomic E-state index is -0.270. The van der Waals surface area contributed by atoms with E-state index >= 15 is 0 Å². The maximum Gasteiger partial charge on any atom is 0.138 e. The Morgan fingerprint density at radius 2 is 1.80 bits per heavy atom. The van der Waals surface area contributed by atoms with Gasteiger partial charge in [0.2, 0.25) is 0 Å². The van der Waals surface area contributed by atoms with Gasteiger partial charge in [0.1, 0.15) is 29.4 Å². The van der Waals surface area contributed by atoms with E-state index in [2.05, 4.69) is 30.0 Å². The Labute approximate surface area is 230 Å². The Balaban J connectivity index is 1.21. The standard InChI is InChI=1S/C31H28FN7O/c1-19-10-20(12-22(32)11-19)25-17-34-18-29-24(25)14-28(35-29)31-30-27(37-38-31)5-4-26(36-30)21-13-23(16-33-15-21)40-9-8-39-6-2-3-7-39/h4-5,10-18,35H,2-3,6-9H2,1H3,(H,37,38). The van der Waals surface area contributed by atoms with Gasteiger partial charge in [-0.2, -0.15) is 5.10 Å².